The molecule has 1 saturated heterocycles. The molecule has 1 amide bonds. The fourth-order valence-electron chi connectivity index (χ4n) is 3.45. The summed E-state index contributed by atoms with van der Waals surface area (Å²) in [6.45, 7) is 0.791. The van der Waals surface area contributed by atoms with Crippen LogP contribution in [0, 0.1) is 0 Å². The second-order valence-corrected chi connectivity index (χ2v) is 7.31. The number of aromatic nitrogens is 2. The number of hydrogen-bond donors (Lipinski definition) is 0. The van der Waals surface area contributed by atoms with Crippen LogP contribution in [0.15, 0.2) is 45.5 Å². The smallest absolute Gasteiger partial charge is 0.248 e. The molecule has 0 spiro atoms. The van der Waals surface area contributed by atoms with Gasteiger partial charge in [0.05, 0.1) is 13.2 Å². The van der Waals surface area contributed by atoms with Crippen molar-refractivity contribution in [2.75, 3.05) is 13.7 Å². The first-order chi connectivity index (χ1) is 13.2. The monoisotopic (exact) mass is 383 g/mol. The topological polar surface area (TPSA) is 68.5 Å². The molecule has 0 N–H and O–H groups in total. The summed E-state index contributed by atoms with van der Waals surface area (Å²) in [5.74, 6) is 1.97. The van der Waals surface area contributed by atoms with Gasteiger partial charge in [0.25, 0.3) is 0 Å². The molecule has 1 unspecified atom stereocenters. The second kappa shape index (κ2) is 7.92. The minimum absolute atomic E-state index is 0.128. The molecule has 0 radical (unpaired) electrons. The lowest BCUT2D eigenvalue weighted by Gasteiger charge is -2.25. The quantitative estimate of drug-likeness (QED) is 0.641. The summed E-state index contributed by atoms with van der Waals surface area (Å²) < 4.78 is 10.9. The number of methoxy groups -OCH3 is 1. The lowest BCUT2D eigenvalue weighted by atomic mass is 10.0. The third kappa shape index (κ3) is 3.88. The lowest BCUT2D eigenvalue weighted by molar-refractivity contribution is -0.132. The number of carbonyl (C=O) groups excluding carboxylic acids is 1. The second-order valence-electron chi connectivity index (χ2n) is 6.53. The van der Waals surface area contributed by atoms with Crippen LogP contribution in [-0.2, 0) is 11.2 Å². The number of aryl methyl sites for hydroxylation is 1. The molecule has 0 aliphatic carbocycles. The van der Waals surface area contributed by atoms with E-state index in [0.717, 1.165) is 36.3 Å². The van der Waals surface area contributed by atoms with Crippen molar-refractivity contribution < 1.29 is 13.9 Å². The zero-order chi connectivity index (χ0) is 18.6. The maximum Gasteiger partial charge on any atom is 0.248 e. The summed E-state index contributed by atoms with van der Waals surface area (Å²) in [5.41, 5.74) is 2.07. The van der Waals surface area contributed by atoms with Gasteiger partial charge in [-0.2, -0.15) is 11.3 Å². The van der Waals surface area contributed by atoms with E-state index in [0.29, 0.717) is 24.6 Å². The Bertz CT molecular complexity index is 890. The molecule has 6 nitrogen and oxygen atoms in total. The van der Waals surface area contributed by atoms with Crippen molar-refractivity contribution in [1.82, 2.24) is 15.1 Å². The van der Waals surface area contributed by atoms with Crippen LogP contribution in [-0.4, -0.2) is 34.7 Å². The number of nitrogens with zero attached hydrogens (tertiary/aromatic N) is 3. The Hall–Kier alpha value is -2.67. The van der Waals surface area contributed by atoms with Gasteiger partial charge in [0.2, 0.25) is 17.7 Å². The predicted octanol–water partition coefficient (Wildman–Crippen LogP) is 4.10. The highest BCUT2D eigenvalue weighted by Crippen LogP contribution is 2.33. The number of likely N-dealkylation sites (tertiary alicyclic amines) is 1. The van der Waals surface area contributed by atoms with Gasteiger partial charge in [-0.25, -0.2) is 0 Å². The number of hydrogen-bond acceptors (Lipinski definition) is 6. The maximum atomic E-state index is 12.8. The van der Waals surface area contributed by atoms with Crippen molar-refractivity contribution in [3.8, 4) is 17.2 Å². The zero-order valence-electron chi connectivity index (χ0n) is 15.1. The number of carbonyl (C=O) groups is 1. The van der Waals surface area contributed by atoms with Crippen LogP contribution in [0.3, 0.4) is 0 Å². The first-order valence-electron chi connectivity index (χ1n) is 9.03. The van der Waals surface area contributed by atoms with Crippen molar-refractivity contribution in [2.24, 2.45) is 0 Å². The number of rotatable bonds is 6. The summed E-state index contributed by atoms with van der Waals surface area (Å²) in [6, 6.07) is 10.0. The third-order valence-electron chi connectivity index (χ3n) is 4.86. The molecule has 1 aliphatic rings. The van der Waals surface area contributed by atoms with Crippen LogP contribution >= 0.6 is 11.3 Å². The van der Waals surface area contributed by atoms with Gasteiger partial charge < -0.3 is 14.1 Å². The van der Waals surface area contributed by atoms with Gasteiger partial charge in [0.15, 0.2) is 0 Å². The molecule has 1 aromatic carbocycles. The summed E-state index contributed by atoms with van der Waals surface area (Å²) in [7, 11) is 1.65. The Morgan fingerprint density at radius 3 is 2.89 bits per heavy atom. The first-order valence-corrected chi connectivity index (χ1v) is 9.97. The number of ether oxygens (including phenoxy) is 1. The largest absolute Gasteiger partial charge is 0.497 e. The van der Waals surface area contributed by atoms with Crippen molar-refractivity contribution in [3.05, 3.63) is 52.5 Å². The van der Waals surface area contributed by atoms with Crippen LogP contribution < -0.4 is 4.74 Å². The van der Waals surface area contributed by atoms with Crippen LogP contribution in [0.1, 0.15) is 36.8 Å². The number of thiophene rings is 1. The van der Waals surface area contributed by atoms with E-state index in [4.69, 9.17) is 9.15 Å². The normalized spacial score (nSPS) is 16.6. The molecule has 3 aromatic rings. The van der Waals surface area contributed by atoms with Gasteiger partial charge in [-0.15, -0.1) is 10.2 Å². The van der Waals surface area contributed by atoms with Crippen molar-refractivity contribution >= 4 is 17.2 Å². The molecule has 140 valence electrons. The van der Waals surface area contributed by atoms with Crippen molar-refractivity contribution in [2.45, 2.75) is 31.7 Å². The highest BCUT2D eigenvalue weighted by atomic mass is 32.1. The standard InChI is InChI=1S/C20H21N3O3S/c1-25-16-6-4-14(5-7-16)17-3-2-11-23(17)19(24)9-8-18-21-22-20(26-18)15-10-12-27-13-15/h4-7,10,12-13,17H,2-3,8-9,11H2,1H3. The number of amides is 1. The minimum Gasteiger partial charge on any atom is -0.497 e. The Balaban J connectivity index is 1.38. The van der Waals surface area contributed by atoms with Crippen LogP contribution in [0.25, 0.3) is 11.5 Å². The van der Waals surface area contributed by atoms with E-state index in [2.05, 4.69) is 10.2 Å². The molecular formula is C20H21N3O3S. The molecular weight excluding hydrogens is 362 g/mol. The van der Waals surface area contributed by atoms with Crippen molar-refractivity contribution in [1.29, 1.82) is 0 Å². The van der Waals surface area contributed by atoms with Gasteiger partial charge in [-0.1, -0.05) is 12.1 Å². The summed E-state index contributed by atoms with van der Waals surface area (Å²) in [6.07, 6.45) is 2.84. The molecule has 2 aromatic heterocycles. The van der Waals surface area contributed by atoms with Gasteiger partial charge in [-0.3, -0.25) is 4.79 Å². The molecule has 4 rings (SSSR count). The third-order valence-corrected chi connectivity index (χ3v) is 5.54. The van der Waals surface area contributed by atoms with Crippen molar-refractivity contribution in [3.63, 3.8) is 0 Å². The van der Waals surface area contributed by atoms with E-state index in [-0.39, 0.29) is 11.9 Å². The van der Waals surface area contributed by atoms with Gasteiger partial charge in [0, 0.05) is 30.3 Å². The summed E-state index contributed by atoms with van der Waals surface area (Å²) in [4.78, 5) is 14.7. The van der Waals surface area contributed by atoms with E-state index in [9.17, 15) is 4.79 Å². The van der Waals surface area contributed by atoms with Crippen LogP contribution in [0.4, 0.5) is 0 Å². The first kappa shape index (κ1) is 17.7. The molecule has 1 fully saturated rings. The molecule has 27 heavy (non-hydrogen) atoms. The fourth-order valence-corrected chi connectivity index (χ4v) is 4.08. The van der Waals surface area contributed by atoms with E-state index in [1.807, 2.05) is 46.0 Å². The molecule has 7 heteroatoms. The van der Waals surface area contributed by atoms with E-state index >= 15 is 0 Å². The maximum absolute atomic E-state index is 12.8. The summed E-state index contributed by atoms with van der Waals surface area (Å²) in [5, 5.41) is 12.1. The lowest BCUT2D eigenvalue weighted by Crippen LogP contribution is -2.30. The molecule has 1 aliphatic heterocycles. The molecule has 0 saturated carbocycles. The SMILES string of the molecule is COc1ccc(C2CCCN2C(=O)CCc2nnc(-c3ccsc3)o2)cc1. The Morgan fingerprint density at radius 1 is 1.30 bits per heavy atom. The van der Waals surface area contributed by atoms with E-state index < -0.39 is 0 Å². The minimum atomic E-state index is 0.128. The molecule has 0 bridgehead atoms. The predicted molar refractivity (Wildman–Crippen MR) is 103 cm³/mol. The Labute approximate surface area is 161 Å². The summed E-state index contributed by atoms with van der Waals surface area (Å²) >= 11 is 1.58. The van der Waals surface area contributed by atoms with Gasteiger partial charge >= 0.3 is 0 Å². The van der Waals surface area contributed by atoms with E-state index in [1.54, 1.807) is 18.4 Å². The molecule has 3 heterocycles. The highest BCUT2D eigenvalue weighted by Gasteiger charge is 2.29. The van der Waals surface area contributed by atoms with Crippen LogP contribution in [0.2, 0.25) is 0 Å². The van der Waals surface area contributed by atoms with Crippen LogP contribution in [0.5, 0.6) is 5.75 Å². The van der Waals surface area contributed by atoms with Gasteiger partial charge in [-0.05, 0) is 42.0 Å². The van der Waals surface area contributed by atoms with E-state index in [1.165, 1.54) is 0 Å². The Morgan fingerprint density at radius 2 is 2.15 bits per heavy atom. The zero-order valence-corrected chi connectivity index (χ0v) is 15.9. The average molecular weight is 383 g/mol. The highest BCUT2D eigenvalue weighted by molar-refractivity contribution is 7.08. The Kier molecular flexibility index (Phi) is 5.20. The average Bonchev–Trinajstić information content (AvgIpc) is 3.47. The fraction of sp³-hybridized carbons (Fsp3) is 0.350. The number of benzene rings is 1. The molecule has 1 atom stereocenters. The van der Waals surface area contributed by atoms with Gasteiger partial charge in [0.1, 0.15) is 5.75 Å².